The Morgan fingerprint density at radius 3 is 2.56 bits per heavy atom. The second-order valence-electron chi connectivity index (χ2n) is 4.26. The van der Waals surface area contributed by atoms with Crippen LogP contribution in [0.25, 0.3) is 0 Å². The fourth-order valence-electron chi connectivity index (χ4n) is 1.83. The lowest BCUT2D eigenvalue weighted by Gasteiger charge is -2.21. The second kappa shape index (κ2) is 6.90. The Morgan fingerprint density at radius 1 is 1.39 bits per heavy atom. The number of alkyl halides is 2. The minimum Gasteiger partial charge on any atom is -0.368 e. The van der Waals surface area contributed by atoms with Crippen LogP contribution in [0.1, 0.15) is 25.5 Å². The molecule has 2 nitrogen and oxygen atoms in total. The van der Waals surface area contributed by atoms with Crippen LogP contribution in [-0.2, 0) is 0 Å². The molecule has 0 amide bonds. The standard InChI is InChI=1S/C13H19ClF2N2/c1-4-17-9(2)10-5-6-12(11(14)7-10)18(3)8-13(15)16/h5-7,9,13,17H,4,8H2,1-3H3. The van der Waals surface area contributed by atoms with Crippen LogP contribution in [0.5, 0.6) is 0 Å². The molecule has 0 aliphatic rings. The molecule has 1 aromatic carbocycles. The highest BCUT2D eigenvalue weighted by molar-refractivity contribution is 6.33. The topological polar surface area (TPSA) is 15.3 Å². The van der Waals surface area contributed by atoms with Crippen LogP contribution in [0.4, 0.5) is 14.5 Å². The number of rotatable bonds is 6. The van der Waals surface area contributed by atoms with Gasteiger partial charge in [-0.3, -0.25) is 0 Å². The van der Waals surface area contributed by atoms with E-state index in [4.69, 9.17) is 11.6 Å². The highest BCUT2D eigenvalue weighted by Gasteiger charge is 2.13. The van der Waals surface area contributed by atoms with E-state index >= 15 is 0 Å². The minimum absolute atomic E-state index is 0.196. The molecule has 0 fully saturated rings. The Labute approximate surface area is 112 Å². The third-order valence-electron chi connectivity index (χ3n) is 2.81. The van der Waals surface area contributed by atoms with Crippen LogP contribution in [0.2, 0.25) is 5.02 Å². The second-order valence-corrected chi connectivity index (χ2v) is 4.67. The van der Waals surface area contributed by atoms with E-state index < -0.39 is 6.43 Å². The molecule has 1 unspecified atom stereocenters. The first-order chi connectivity index (χ1) is 8.45. The Morgan fingerprint density at radius 2 is 2.06 bits per heavy atom. The van der Waals surface area contributed by atoms with E-state index in [0.29, 0.717) is 10.7 Å². The summed E-state index contributed by atoms with van der Waals surface area (Å²) in [5.41, 5.74) is 1.68. The van der Waals surface area contributed by atoms with Crippen molar-refractivity contribution < 1.29 is 8.78 Å². The Balaban J connectivity index is 2.85. The maximum absolute atomic E-state index is 12.3. The first-order valence-corrected chi connectivity index (χ1v) is 6.35. The predicted molar refractivity (Wildman–Crippen MR) is 72.8 cm³/mol. The first-order valence-electron chi connectivity index (χ1n) is 5.97. The van der Waals surface area contributed by atoms with Crippen LogP contribution in [0.3, 0.4) is 0 Å². The summed E-state index contributed by atoms with van der Waals surface area (Å²) in [4.78, 5) is 1.47. The first kappa shape index (κ1) is 15.2. The molecule has 0 aliphatic heterocycles. The van der Waals surface area contributed by atoms with Crippen molar-refractivity contribution in [3.8, 4) is 0 Å². The molecule has 0 radical (unpaired) electrons. The molecule has 0 bridgehead atoms. The van der Waals surface area contributed by atoms with Crippen molar-refractivity contribution in [3.63, 3.8) is 0 Å². The van der Waals surface area contributed by atoms with Gasteiger partial charge in [-0.25, -0.2) is 8.78 Å². The summed E-state index contributed by atoms with van der Waals surface area (Å²) >= 11 is 6.14. The largest absolute Gasteiger partial charge is 0.368 e. The van der Waals surface area contributed by atoms with Gasteiger partial charge in [-0.1, -0.05) is 24.6 Å². The zero-order valence-electron chi connectivity index (χ0n) is 10.9. The summed E-state index contributed by atoms with van der Waals surface area (Å²) in [6.45, 7) is 4.62. The van der Waals surface area contributed by atoms with Crippen LogP contribution >= 0.6 is 11.6 Å². The van der Waals surface area contributed by atoms with E-state index in [1.807, 2.05) is 26.0 Å². The maximum Gasteiger partial charge on any atom is 0.255 e. The van der Waals surface area contributed by atoms with Gasteiger partial charge in [0.25, 0.3) is 6.43 Å². The lowest BCUT2D eigenvalue weighted by molar-refractivity contribution is 0.156. The number of nitrogens with one attached hydrogen (secondary N) is 1. The number of nitrogens with zero attached hydrogens (tertiary/aromatic N) is 1. The molecular weight excluding hydrogens is 258 g/mol. The predicted octanol–water partition coefficient (Wildman–Crippen LogP) is 3.71. The molecule has 102 valence electrons. The molecule has 1 N–H and O–H groups in total. The SMILES string of the molecule is CCNC(C)c1ccc(N(C)CC(F)F)c(Cl)c1. The monoisotopic (exact) mass is 276 g/mol. The zero-order chi connectivity index (χ0) is 13.7. The number of benzene rings is 1. The molecule has 0 aromatic heterocycles. The summed E-state index contributed by atoms with van der Waals surface area (Å²) in [6.07, 6.45) is -2.37. The summed E-state index contributed by atoms with van der Waals surface area (Å²) in [7, 11) is 1.61. The molecule has 0 spiro atoms. The van der Waals surface area contributed by atoms with Crippen molar-refractivity contribution >= 4 is 17.3 Å². The Kier molecular flexibility index (Phi) is 5.82. The smallest absolute Gasteiger partial charge is 0.255 e. The summed E-state index contributed by atoms with van der Waals surface area (Å²) in [5.74, 6) is 0. The molecule has 1 atom stereocenters. The van der Waals surface area contributed by atoms with Crippen molar-refractivity contribution in [2.24, 2.45) is 0 Å². The van der Waals surface area contributed by atoms with Gasteiger partial charge in [-0.2, -0.15) is 0 Å². The Bertz CT molecular complexity index is 385. The van der Waals surface area contributed by atoms with Gasteiger partial charge in [0.15, 0.2) is 0 Å². The number of halogens is 3. The third kappa shape index (κ3) is 4.10. The number of hydrogen-bond donors (Lipinski definition) is 1. The molecular formula is C13H19ClF2N2. The molecule has 5 heteroatoms. The lowest BCUT2D eigenvalue weighted by atomic mass is 10.1. The summed E-state index contributed by atoms with van der Waals surface area (Å²) < 4.78 is 24.6. The van der Waals surface area contributed by atoms with Crippen molar-refractivity contribution in [2.75, 3.05) is 25.0 Å². The average Bonchev–Trinajstić information content (AvgIpc) is 2.28. The van der Waals surface area contributed by atoms with E-state index in [9.17, 15) is 8.78 Å². The molecule has 0 saturated heterocycles. The molecule has 0 heterocycles. The fourth-order valence-corrected chi connectivity index (χ4v) is 2.16. The van der Waals surface area contributed by atoms with Crippen LogP contribution in [0.15, 0.2) is 18.2 Å². The number of anilines is 1. The average molecular weight is 277 g/mol. The Hall–Kier alpha value is -0.870. The van der Waals surface area contributed by atoms with E-state index in [-0.39, 0.29) is 12.6 Å². The van der Waals surface area contributed by atoms with Crippen LogP contribution in [-0.4, -0.2) is 26.6 Å². The van der Waals surface area contributed by atoms with Crippen LogP contribution < -0.4 is 10.2 Å². The lowest BCUT2D eigenvalue weighted by Crippen LogP contribution is -2.24. The summed E-state index contributed by atoms with van der Waals surface area (Å²) in [5, 5.41) is 3.78. The molecule has 0 aliphatic carbocycles. The van der Waals surface area contributed by atoms with E-state index in [1.165, 1.54) is 4.90 Å². The van der Waals surface area contributed by atoms with Crippen molar-refractivity contribution in [3.05, 3.63) is 28.8 Å². The maximum atomic E-state index is 12.3. The van der Waals surface area contributed by atoms with Gasteiger partial charge in [0.05, 0.1) is 17.3 Å². The van der Waals surface area contributed by atoms with Gasteiger partial charge >= 0.3 is 0 Å². The van der Waals surface area contributed by atoms with E-state index in [0.717, 1.165) is 12.1 Å². The van der Waals surface area contributed by atoms with Gasteiger partial charge in [-0.05, 0) is 31.2 Å². The van der Waals surface area contributed by atoms with Crippen molar-refractivity contribution in [1.82, 2.24) is 5.32 Å². The highest BCUT2D eigenvalue weighted by Crippen LogP contribution is 2.28. The van der Waals surface area contributed by atoms with Crippen molar-refractivity contribution in [1.29, 1.82) is 0 Å². The molecule has 1 aromatic rings. The molecule has 1 rings (SSSR count). The summed E-state index contributed by atoms with van der Waals surface area (Å²) in [6, 6.07) is 5.72. The van der Waals surface area contributed by atoms with Gasteiger partial charge in [0.1, 0.15) is 0 Å². The number of hydrogen-bond acceptors (Lipinski definition) is 2. The third-order valence-corrected chi connectivity index (χ3v) is 3.11. The van der Waals surface area contributed by atoms with Gasteiger partial charge in [-0.15, -0.1) is 0 Å². The van der Waals surface area contributed by atoms with Crippen molar-refractivity contribution in [2.45, 2.75) is 26.3 Å². The van der Waals surface area contributed by atoms with Gasteiger partial charge in [0.2, 0.25) is 0 Å². The van der Waals surface area contributed by atoms with E-state index in [2.05, 4.69) is 5.32 Å². The van der Waals surface area contributed by atoms with Gasteiger partial charge < -0.3 is 10.2 Å². The quantitative estimate of drug-likeness (QED) is 0.852. The normalized spacial score (nSPS) is 12.8. The molecule has 0 saturated carbocycles. The fraction of sp³-hybridized carbons (Fsp3) is 0.538. The van der Waals surface area contributed by atoms with Gasteiger partial charge in [0, 0.05) is 13.1 Å². The highest BCUT2D eigenvalue weighted by atomic mass is 35.5. The minimum atomic E-state index is -2.37. The molecule has 18 heavy (non-hydrogen) atoms. The van der Waals surface area contributed by atoms with E-state index in [1.54, 1.807) is 13.1 Å². The van der Waals surface area contributed by atoms with Crippen LogP contribution in [0, 0.1) is 0 Å². The zero-order valence-corrected chi connectivity index (χ0v) is 11.6.